The number of hydrogen-bond donors (Lipinski definition) is 0. The first-order valence-electron chi connectivity index (χ1n) is 7.87. The van der Waals surface area contributed by atoms with Crippen LogP contribution in [0.15, 0.2) is 36.5 Å². The van der Waals surface area contributed by atoms with Crippen molar-refractivity contribution in [3.05, 3.63) is 59.2 Å². The number of ketones is 1. The molecule has 120 valence electrons. The molecule has 0 spiro atoms. The van der Waals surface area contributed by atoms with Crippen molar-refractivity contribution < 1.29 is 9.18 Å². The van der Waals surface area contributed by atoms with Gasteiger partial charge in [-0.3, -0.25) is 4.79 Å². The number of Topliss-reactive ketones (excluding diaryl/α,β-unsaturated/α-hetero) is 1. The molecule has 1 aliphatic rings. The van der Waals surface area contributed by atoms with Gasteiger partial charge in [-0.2, -0.15) is 0 Å². The topological polar surface area (TPSA) is 42.9 Å². The highest BCUT2D eigenvalue weighted by molar-refractivity contribution is 7.18. The third-order valence-corrected chi connectivity index (χ3v) is 5.21. The summed E-state index contributed by atoms with van der Waals surface area (Å²) < 4.78 is 13.6. The van der Waals surface area contributed by atoms with Crippen molar-refractivity contribution in [1.82, 2.24) is 9.97 Å². The number of hydrogen-bond acceptors (Lipinski definition) is 4. The van der Waals surface area contributed by atoms with Gasteiger partial charge >= 0.3 is 0 Å². The molecule has 4 rings (SSSR count). The highest BCUT2D eigenvalue weighted by Crippen LogP contribution is 2.33. The van der Waals surface area contributed by atoms with Crippen LogP contribution in [0.1, 0.15) is 34.5 Å². The lowest BCUT2D eigenvalue weighted by Gasteiger charge is -2.13. The van der Waals surface area contributed by atoms with E-state index >= 15 is 0 Å². The van der Waals surface area contributed by atoms with Gasteiger partial charge in [0.1, 0.15) is 10.8 Å². The number of carbonyl (C=O) groups excluding carboxylic acids is 1. The summed E-state index contributed by atoms with van der Waals surface area (Å²) in [6, 6.07) is 8.67. The number of aryl methyl sites for hydroxylation is 2. The Hall–Kier alpha value is -2.40. The van der Waals surface area contributed by atoms with Crippen molar-refractivity contribution in [2.45, 2.75) is 26.2 Å². The van der Waals surface area contributed by atoms with Crippen LogP contribution in [0.4, 0.5) is 4.39 Å². The van der Waals surface area contributed by atoms with Crippen LogP contribution >= 0.6 is 11.3 Å². The fourth-order valence-corrected chi connectivity index (χ4v) is 3.89. The Kier molecular flexibility index (Phi) is 3.73. The molecule has 5 heteroatoms. The Labute approximate surface area is 143 Å². The number of rotatable bonds is 2. The van der Waals surface area contributed by atoms with E-state index in [-0.39, 0.29) is 11.6 Å². The molecule has 0 fully saturated rings. The second-order valence-electron chi connectivity index (χ2n) is 6.01. The van der Waals surface area contributed by atoms with E-state index in [1.54, 1.807) is 6.20 Å². The fraction of sp³-hybridized carbons (Fsp3) is 0.211. The molecule has 0 unspecified atom stereocenters. The molecule has 2 heterocycles. The maximum absolute atomic E-state index is 13.6. The van der Waals surface area contributed by atoms with Crippen LogP contribution < -0.4 is 0 Å². The third-order valence-electron chi connectivity index (χ3n) is 4.14. The van der Waals surface area contributed by atoms with Crippen LogP contribution in [-0.2, 0) is 6.42 Å². The number of benzene rings is 1. The van der Waals surface area contributed by atoms with Crippen molar-refractivity contribution in [1.29, 1.82) is 0 Å². The summed E-state index contributed by atoms with van der Waals surface area (Å²) in [5.41, 5.74) is 4.08. The number of aromatic nitrogens is 2. The van der Waals surface area contributed by atoms with Crippen LogP contribution in [0.2, 0.25) is 0 Å². The van der Waals surface area contributed by atoms with Gasteiger partial charge in [0.05, 0.1) is 16.3 Å². The summed E-state index contributed by atoms with van der Waals surface area (Å²) in [5.74, 6) is -0.0734. The molecule has 1 aliphatic carbocycles. The third kappa shape index (κ3) is 2.76. The first-order chi connectivity index (χ1) is 11.6. The Bertz CT molecular complexity index is 928. The Balaban J connectivity index is 1.71. The normalized spacial score (nSPS) is 13.8. The molecule has 0 saturated heterocycles. The summed E-state index contributed by atoms with van der Waals surface area (Å²) in [6.07, 6.45) is 4.04. The second kappa shape index (κ2) is 5.91. The summed E-state index contributed by atoms with van der Waals surface area (Å²) in [4.78, 5) is 21.9. The van der Waals surface area contributed by atoms with E-state index in [2.05, 4.69) is 9.97 Å². The Morgan fingerprint density at radius 2 is 2.04 bits per heavy atom. The average molecular weight is 338 g/mol. The molecule has 0 amide bonds. The quantitative estimate of drug-likeness (QED) is 0.671. The molecular formula is C19H15FN2OS. The predicted molar refractivity (Wildman–Crippen MR) is 92.7 cm³/mol. The molecule has 0 saturated carbocycles. The maximum atomic E-state index is 13.6. The van der Waals surface area contributed by atoms with E-state index in [9.17, 15) is 9.18 Å². The number of carbonyl (C=O) groups is 1. The van der Waals surface area contributed by atoms with Crippen LogP contribution in [-0.4, -0.2) is 15.8 Å². The van der Waals surface area contributed by atoms with E-state index in [4.69, 9.17) is 0 Å². The van der Waals surface area contributed by atoms with E-state index in [0.29, 0.717) is 6.42 Å². The van der Waals surface area contributed by atoms with E-state index in [1.165, 1.54) is 23.5 Å². The lowest BCUT2D eigenvalue weighted by molar-refractivity contribution is 0.0971. The molecule has 2 aromatic heterocycles. The zero-order valence-electron chi connectivity index (χ0n) is 13.2. The van der Waals surface area contributed by atoms with Crippen molar-refractivity contribution in [2.24, 2.45) is 0 Å². The number of thiazole rings is 1. The van der Waals surface area contributed by atoms with Crippen molar-refractivity contribution >= 4 is 17.1 Å². The smallest absolute Gasteiger partial charge is 0.164 e. The minimum Gasteiger partial charge on any atom is -0.294 e. The highest BCUT2D eigenvalue weighted by Gasteiger charge is 2.19. The van der Waals surface area contributed by atoms with Gasteiger partial charge in [0, 0.05) is 18.2 Å². The van der Waals surface area contributed by atoms with Gasteiger partial charge in [-0.25, -0.2) is 14.4 Å². The summed E-state index contributed by atoms with van der Waals surface area (Å²) in [5, 5.41) is 0.785. The molecule has 0 atom stereocenters. The number of fused-ring (bicyclic) bond motifs is 1. The van der Waals surface area contributed by atoms with Crippen LogP contribution in [0, 0.1) is 12.7 Å². The van der Waals surface area contributed by atoms with Gasteiger partial charge in [-0.1, -0.05) is 6.07 Å². The number of nitrogens with zero attached hydrogens (tertiary/aromatic N) is 2. The number of halogens is 1. The molecular weight excluding hydrogens is 323 g/mol. The lowest BCUT2D eigenvalue weighted by atomic mass is 9.94. The molecule has 0 aliphatic heterocycles. The summed E-state index contributed by atoms with van der Waals surface area (Å²) in [6.45, 7) is 1.87. The number of pyridine rings is 1. The van der Waals surface area contributed by atoms with Gasteiger partial charge in [0.2, 0.25) is 0 Å². The van der Waals surface area contributed by atoms with Gasteiger partial charge in [-0.05, 0) is 55.2 Å². The first-order valence-corrected chi connectivity index (χ1v) is 8.69. The van der Waals surface area contributed by atoms with Gasteiger partial charge in [-0.15, -0.1) is 11.3 Å². The van der Waals surface area contributed by atoms with Crippen LogP contribution in [0.25, 0.3) is 21.1 Å². The molecule has 0 bridgehead atoms. The molecule has 0 radical (unpaired) electrons. The molecule has 0 N–H and O–H groups in total. The summed E-state index contributed by atoms with van der Waals surface area (Å²) >= 11 is 1.48. The summed E-state index contributed by atoms with van der Waals surface area (Å²) in [7, 11) is 0. The van der Waals surface area contributed by atoms with E-state index < -0.39 is 0 Å². The minimum atomic E-state index is -0.245. The molecule has 1 aromatic carbocycles. The minimum absolute atomic E-state index is 0.172. The second-order valence-corrected chi connectivity index (χ2v) is 7.05. The fourth-order valence-electron chi connectivity index (χ4n) is 3.02. The Morgan fingerprint density at radius 1 is 1.17 bits per heavy atom. The molecule has 3 nitrogen and oxygen atoms in total. The zero-order valence-corrected chi connectivity index (χ0v) is 14.0. The zero-order chi connectivity index (χ0) is 16.7. The monoisotopic (exact) mass is 338 g/mol. The standard InChI is InChI=1S/C19H15FN2OS/c1-11-7-12(9-13(20)8-11)18-10-21-19(24-18)16-6-5-14-15(22-16)3-2-4-17(14)23/h5-10H,2-4H2,1H3. The largest absolute Gasteiger partial charge is 0.294 e. The van der Waals surface area contributed by atoms with E-state index in [0.717, 1.165) is 50.8 Å². The lowest BCUT2D eigenvalue weighted by Crippen LogP contribution is -2.12. The van der Waals surface area contributed by atoms with Crippen LogP contribution in [0.3, 0.4) is 0 Å². The highest BCUT2D eigenvalue weighted by atomic mass is 32.1. The van der Waals surface area contributed by atoms with Crippen molar-refractivity contribution in [2.75, 3.05) is 0 Å². The first kappa shape index (κ1) is 15.1. The van der Waals surface area contributed by atoms with Gasteiger partial charge < -0.3 is 0 Å². The van der Waals surface area contributed by atoms with E-state index in [1.807, 2.05) is 25.1 Å². The predicted octanol–water partition coefficient (Wildman–Crippen LogP) is 4.84. The van der Waals surface area contributed by atoms with Crippen molar-refractivity contribution in [3.8, 4) is 21.1 Å². The maximum Gasteiger partial charge on any atom is 0.164 e. The van der Waals surface area contributed by atoms with Gasteiger partial charge in [0.25, 0.3) is 0 Å². The molecule has 3 aromatic rings. The SMILES string of the molecule is Cc1cc(F)cc(-c2cnc(-c3ccc4c(n3)CCCC4=O)s2)c1. The Morgan fingerprint density at radius 3 is 2.88 bits per heavy atom. The van der Waals surface area contributed by atoms with Gasteiger partial charge in [0.15, 0.2) is 5.78 Å². The van der Waals surface area contributed by atoms with Crippen LogP contribution in [0.5, 0.6) is 0 Å². The average Bonchev–Trinajstić information content (AvgIpc) is 3.04. The van der Waals surface area contributed by atoms with Crippen molar-refractivity contribution in [3.63, 3.8) is 0 Å². The molecule has 24 heavy (non-hydrogen) atoms.